The highest BCUT2D eigenvalue weighted by molar-refractivity contribution is 7.17. The van der Waals surface area contributed by atoms with Crippen LogP contribution in [0.4, 0.5) is 10.8 Å². The van der Waals surface area contributed by atoms with Crippen molar-refractivity contribution in [2.75, 3.05) is 5.73 Å². The van der Waals surface area contributed by atoms with Gasteiger partial charge >= 0.3 is 0 Å². The first-order chi connectivity index (χ1) is 10.4. The minimum Gasteiger partial charge on any atom is -0.375 e. The summed E-state index contributed by atoms with van der Waals surface area (Å²) in [6.45, 7) is 1.66. The molecule has 2 rings (SSSR count). The van der Waals surface area contributed by atoms with E-state index in [1.54, 1.807) is 13.0 Å². The van der Waals surface area contributed by atoms with Crippen LogP contribution in [0.3, 0.4) is 0 Å². The summed E-state index contributed by atoms with van der Waals surface area (Å²) in [7, 11) is 0. The maximum absolute atomic E-state index is 11.9. The van der Waals surface area contributed by atoms with Gasteiger partial charge in [-0.05, 0) is 13.0 Å². The standard InChI is InChI=1S/C12H10ClN5O3S/c1-6-10(22-12(14)16-6)11(19)17-15-5-7-2-3-8(13)9(4-7)18(20)21/h2-5H,1H3,(H2,14,16)(H,17,19)/b15-5-. The fraction of sp³-hybridized carbons (Fsp3) is 0.0833. The van der Waals surface area contributed by atoms with Crippen LogP contribution in [0.5, 0.6) is 0 Å². The first-order valence-electron chi connectivity index (χ1n) is 5.88. The number of hydrogen-bond acceptors (Lipinski definition) is 7. The number of amides is 1. The van der Waals surface area contributed by atoms with Gasteiger partial charge in [0.05, 0.1) is 16.8 Å². The summed E-state index contributed by atoms with van der Waals surface area (Å²) in [5.41, 5.74) is 8.52. The van der Waals surface area contributed by atoms with Crippen LogP contribution in [-0.4, -0.2) is 22.0 Å². The highest BCUT2D eigenvalue weighted by atomic mass is 35.5. The van der Waals surface area contributed by atoms with Crippen molar-refractivity contribution in [3.63, 3.8) is 0 Å². The predicted octanol–water partition coefficient (Wildman–Crippen LogP) is 2.36. The lowest BCUT2D eigenvalue weighted by Crippen LogP contribution is -2.17. The van der Waals surface area contributed by atoms with E-state index in [4.69, 9.17) is 17.3 Å². The molecule has 2 aromatic rings. The SMILES string of the molecule is Cc1nc(N)sc1C(=O)N/N=C\c1ccc(Cl)c([N+](=O)[O-])c1. The number of hydrogen-bond donors (Lipinski definition) is 2. The zero-order valence-corrected chi connectivity index (χ0v) is 12.8. The molecule has 10 heteroatoms. The average molecular weight is 340 g/mol. The number of nitrogens with one attached hydrogen (secondary N) is 1. The Morgan fingerprint density at radius 3 is 2.91 bits per heavy atom. The number of nitro benzene ring substituents is 1. The summed E-state index contributed by atoms with van der Waals surface area (Å²) in [6.07, 6.45) is 1.28. The van der Waals surface area contributed by atoms with Gasteiger partial charge in [-0.25, -0.2) is 10.4 Å². The molecule has 1 aromatic heterocycles. The van der Waals surface area contributed by atoms with Crippen LogP contribution in [0.25, 0.3) is 0 Å². The first kappa shape index (κ1) is 15.9. The monoisotopic (exact) mass is 339 g/mol. The van der Waals surface area contributed by atoms with Gasteiger partial charge in [0, 0.05) is 11.6 Å². The Labute approximate surface area is 133 Å². The van der Waals surface area contributed by atoms with Crippen molar-refractivity contribution in [1.29, 1.82) is 0 Å². The number of halogens is 1. The van der Waals surface area contributed by atoms with Crippen LogP contribution >= 0.6 is 22.9 Å². The van der Waals surface area contributed by atoms with E-state index >= 15 is 0 Å². The summed E-state index contributed by atoms with van der Waals surface area (Å²) >= 11 is 6.75. The van der Waals surface area contributed by atoms with Crippen LogP contribution in [0.1, 0.15) is 20.9 Å². The van der Waals surface area contributed by atoms with Gasteiger partial charge in [-0.3, -0.25) is 14.9 Å². The van der Waals surface area contributed by atoms with Gasteiger partial charge in [0.1, 0.15) is 9.90 Å². The third-order valence-corrected chi connectivity index (χ3v) is 3.87. The van der Waals surface area contributed by atoms with E-state index in [1.807, 2.05) is 0 Å². The largest absolute Gasteiger partial charge is 0.375 e. The maximum atomic E-state index is 11.9. The van der Waals surface area contributed by atoms with E-state index in [-0.39, 0.29) is 10.7 Å². The molecule has 114 valence electrons. The Bertz CT molecular complexity index is 774. The maximum Gasteiger partial charge on any atom is 0.288 e. The lowest BCUT2D eigenvalue weighted by molar-refractivity contribution is -0.384. The molecule has 0 aliphatic heterocycles. The van der Waals surface area contributed by atoms with Gasteiger partial charge in [0.2, 0.25) is 0 Å². The molecule has 0 spiro atoms. The number of nitro groups is 1. The Morgan fingerprint density at radius 1 is 1.59 bits per heavy atom. The molecule has 1 aromatic carbocycles. The second-order valence-electron chi connectivity index (χ2n) is 4.13. The normalized spacial score (nSPS) is 10.8. The minimum atomic E-state index is -0.596. The number of thiazole rings is 1. The van der Waals surface area contributed by atoms with Crippen molar-refractivity contribution < 1.29 is 9.72 Å². The van der Waals surface area contributed by atoms with Crippen molar-refractivity contribution >= 4 is 45.9 Å². The molecule has 0 fully saturated rings. The van der Waals surface area contributed by atoms with E-state index < -0.39 is 10.8 Å². The molecular weight excluding hydrogens is 330 g/mol. The van der Waals surface area contributed by atoms with Crippen LogP contribution < -0.4 is 11.2 Å². The molecule has 0 unspecified atom stereocenters. The Morgan fingerprint density at radius 2 is 2.32 bits per heavy atom. The molecule has 0 bridgehead atoms. The van der Waals surface area contributed by atoms with Gasteiger partial charge in [0.25, 0.3) is 11.6 Å². The molecule has 0 atom stereocenters. The molecule has 0 aliphatic carbocycles. The van der Waals surface area contributed by atoms with Gasteiger partial charge in [0.15, 0.2) is 5.13 Å². The number of benzene rings is 1. The highest BCUT2D eigenvalue weighted by Gasteiger charge is 2.14. The third kappa shape index (κ3) is 3.57. The number of nitrogens with two attached hydrogens (primary N) is 1. The summed E-state index contributed by atoms with van der Waals surface area (Å²) in [4.78, 5) is 26.3. The van der Waals surface area contributed by atoms with Crippen molar-refractivity contribution in [3.05, 3.63) is 49.5 Å². The summed E-state index contributed by atoms with van der Waals surface area (Å²) in [5, 5.41) is 14.8. The highest BCUT2D eigenvalue weighted by Crippen LogP contribution is 2.24. The quantitative estimate of drug-likeness (QED) is 0.502. The van der Waals surface area contributed by atoms with Crippen LogP contribution in [0.2, 0.25) is 5.02 Å². The number of nitrogen functional groups attached to an aromatic ring is 1. The number of nitrogens with zero attached hydrogens (tertiary/aromatic N) is 3. The number of carbonyl (C=O) groups is 1. The molecule has 8 nitrogen and oxygen atoms in total. The van der Waals surface area contributed by atoms with Crippen molar-refractivity contribution in [1.82, 2.24) is 10.4 Å². The summed E-state index contributed by atoms with van der Waals surface area (Å²) in [5.74, 6) is -0.452. The third-order valence-electron chi connectivity index (χ3n) is 2.57. The molecule has 0 radical (unpaired) electrons. The number of aromatic nitrogens is 1. The van der Waals surface area contributed by atoms with Gasteiger partial charge in [-0.2, -0.15) is 5.10 Å². The minimum absolute atomic E-state index is 0.0296. The molecule has 3 N–H and O–H groups in total. The Hall–Kier alpha value is -2.52. The van der Waals surface area contributed by atoms with E-state index in [0.717, 1.165) is 11.3 Å². The van der Waals surface area contributed by atoms with Gasteiger partial charge in [-0.1, -0.05) is 29.0 Å². The fourth-order valence-electron chi connectivity index (χ4n) is 1.59. The van der Waals surface area contributed by atoms with Crippen LogP contribution in [0, 0.1) is 17.0 Å². The lowest BCUT2D eigenvalue weighted by Gasteiger charge is -1.98. The molecule has 1 amide bonds. The number of anilines is 1. The summed E-state index contributed by atoms with van der Waals surface area (Å²) in [6, 6.07) is 4.19. The van der Waals surface area contributed by atoms with Gasteiger partial charge < -0.3 is 5.73 Å². The number of carbonyl (C=O) groups excluding carboxylic acids is 1. The van der Waals surface area contributed by atoms with Crippen molar-refractivity contribution in [3.8, 4) is 0 Å². The van der Waals surface area contributed by atoms with Crippen molar-refractivity contribution in [2.45, 2.75) is 6.92 Å². The number of rotatable bonds is 4. The summed E-state index contributed by atoms with van der Waals surface area (Å²) < 4.78 is 0. The molecule has 1 heterocycles. The molecule has 0 saturated carbocycles. The zero-order valence-electron chi connectivity index (χ0n) is 11.2. The van der Waals surface area contributed by atoms with Crippen LogP contribution in [0.15, 0.2) is 23.3 Å². The smallest absolute Gasteiger partial charge is 0.288 e. The number of aryl methyl sites for hydroxylation is 1. The molecular formula is C12H10ClN5O3S. The topological polar surface area (TPSA) is 124 Å². The van der Waals surface area contributed by atoms with E-state index in [1.165, 1.54) is 18.3 Å². The average Bonchev–Trinajstić information content (AvgIpc) is 2.79. The second-order valence-corrected chi connectivity index (χ2v) is 5.57. The second kappa shape index (κ2) is 6.50. The van der Waals surface area contributed by atoms with E-state index in [0.29, 0.717) is 21.3 Å². The first-order valence-corrected chi connectivity index (χ1v) is 7.08. The van der Waals surface area contributed by atoms with Crippen molar-refractivity contribution in [2.24, 2.45) is 5.10 Å². The molecule has 0 saturated heterocycles. The molecule has 22 heavy (non-hydrogen) atoms. The Balaban J connectivity index is 2.10. The zero-order chi connectivity index (χ0) is 16.3. The fourth-order valence-corrected chi connectivity index (χ4v) is 2.50. The Kier molecular flexibility index (Phi) is 4.68. The molecule has 0 aliphatic rings. The lowest BCUT2D eigenvalue weighted by atomic mass is 10.2. The predicted molar refractivity (Wildman–Crippen MR) is 84.4 cm³/mol. The van der Waals surface area contributed by atoms with Gasteiger partial charge in [-0.15, -0.1) is 0 Å². The van der Waals surface area contributed by atoms with E-state index in [2.05, 4.69) is 15.5 Å². The number of hydrazone groups is 1. The van der Waals surface area contributed by atoms with E-state index in [9.17, 15) is 14.9 Å². The van der Waals surface area contributed by atoms with Crippen LogP contribution in [-0.2, 0) is 0 Å².